The van der Waals surface area contributed by atoms with Gasteiger partial charge < -0.3 is 4.55 Å². The first-order chi connectivity index (χ1) is 14.7. The highest BCUT2D eigenvalue weighted by molar-refractivity contribution is 7.97. The molecule has 166 valence electrons. The molecule has 0 fully saturated rings. The van der Waals surface area contributed by atoms with Crippen LogP contribution in [0.4, 0.5) is 13.2 Å². The maximum atomic E-state index is 12.1. The van der Waals surface area contributed by atoms with Crippen LogP contribution in [0.15, 0.2) is 99.6 Å². The van der Waals surface area contributed by atoms with E-state index >= 15 is 0 Å². The normalized spacial score (nSPS) is 13.2. The molecule has 0 spiro atoms. The Labute approximate surface area is 184 Å². The van der Waals surface area contributed by atoms with Crippen LogP contribution in [0.1, 0.15) is 12.0 Å². The number of benzene rings is 3. The van der Waals surface area contributed by atoms with E-state index in [0.717, 1.165) is 0 Å². The van der Waals surface area contributed by atoms with Gasteiger partial charge in [0.2, 0.25) is 5.50 Å². The second-order valence-corrected chi connectivity index (χ2v) is 10.0. The third-order valence-electron chi connectivity index (χ3n) is 4.16. The fourth-order valence-corrected chi connectivity index (χ4v) is 5.19. The van der Waals surface area contributed by atoms with Crippen molar-refractivity contribution in [2.45, 2.75) is 39.7 Å². The fourth-order valence-electron chi connectivity index (χ4n) is 2.61. The van der Waals surface area contributed by atoms with Crippen LogP contribution in [0.25, 0.3) is 0 Å². The minimum Gasteiger partial charge on any atom is -0.746 e. The van der Waals surface area contributed by atoms with Crippen molar-refractivity contribution < 1.29 is 26.1 Å². The molecule has 8 heteroatoms. The second-order valence-electron chi connectivity index (χ2n) is 6.58. The van der Waals surface area contributed by atoms with E-state index < -0.39 is 34.9 Å². The van der Waals surface area contributed by atoms with Crippen LogP contribution in [0.3, 0.4) is 0 Å². The van der Waals surface area contributed by atoms with Crippen molar-refractivity contribution in [1.29, 1.82) is 0 Å². The maximum absolute atomic E-state index is 12.1. The number of hydrogen-bond donors (Lipinski definition) is 0. The summed E-state index contributed by atoms with van der Waals surface area (Å²) in [7, 11) is -5.31. The molecule has 31 heavy (non-hydrogen) atoms. The Morgan fingerprint density at radius 1 is 0.806 bits per heavy atom. The number of halogens is 3. The van der Waals surface area contributed by atoms with Gasteiger partial charge in [-0.05, 0) is 43.3 Å². The van der Waals surface area contributed by atoms with Crippen molar-refractivity contribution in [3.63, 3.8) is 0 Å². The molecule has 3 nitrogen and oxygen atoms in total. The molecule has 3 aromatic carbocycles. The molecule has 0 aromatic heterocycles. The first-order valence-electron chi connectivity index (χ1n) is 9.44. The van der Waals surface area contributed by atoms with Gasteiger partial charge in [0.15, 0.2) is 14.7 Å². The summed E-state index contributed by atoms with van der Waals surface area (Å²) in [5.41, 5.74) is -1.85. The van der Waals surface area contributed by atoms with Gasteiger partial charge in [-0.15, -0.1) is 0 Å². The van der Waals surface area contributed by atoms with Gasteiger partial charge in [-0.25, -0.2) is 17.2 Å². The highest BCUT2D eigenvalue weighted by atomic mass is 32.2. The van der Waals surface area contributed by atoms with Crippen molar-refractivity contribution in [2.75, 3.05) is 6.67 Å². The molecular formula is C23H23F3O3S2. The zero-order valence-corrected chi connectivity index (χ0v) is 18.5. The molecule has 2 atom stereocenters. The molecule has 0 aliphatic heterocycles. The van der Waals surface area contributed by atoms with Gasteiger partial charge in [0, 0.05) is 6.42 Å². The summed E-state index contributed by atoms with van der Waals surface area (Å²) in [5.74, 6) is 0. The van der Waals surface area contributed by atoms with Gasteiger partial charge in [0.1, 0.15) is 16.3 Å². The Bertz CT molecular complexity index is 975. The quantitative estimate of drug-likeness (QED) is 0.334. The SMILES string of the molecule is Cc1ccc([S+](c2ccccc2)c2ccccc2)cc1.O=S(=O)([O-])C(F)C(F)CCF. The van der Waals surface area contributed by atoms with Gasteiger partial charge in [-0.2, -0.15) is 0 Å². The Morgan fingerprint density at radius 2 is 1.23 bits per heavy atom. The molecule has 2 unspecified atom stereocenters. The largest absolute Gasteiger partial charge is 0.746 e. The topological polar surface area (TPSA) is 57.2 Å². The minimum absolute atomic E-state index is 0.0229. The Hall–Kier alpha value is -2.29. The van der Waals surface area contributed by atoms with E-state index in [1.807, 2.05) is 0 Å². The van der Waals surface area contributed by atoms with Crippen molar-refractivity contribution in [3.05, 3.63) is 90.5 Å². The lowest BCUT2D eigenvalue weighted by atomic mass is 10.2. The fraction of sp³-hybridized carbons (Fsp3) is 0.217. The molecule has 0 saturated carbocycles. The zero-order chi connectivity index (χ0) is 22.9. The van der Waals surface area contributed by atoms with E-state index in [1.165, 1.54) is 20.2 Å². The minimum atomic E-state index is -5.28. The lowest BCUT2D eigenvalue weighted by molar-refractivity contribution is 0.190. The molecule has 0 aliphatic rings. The summed E-state index contributed by atoms with van der Waals surface area (Å²) in [6.07, 6.45) is -3.48. The second kappa shape index (κ2) is 11.9. The van der Waals surface area contributed by atoms with Crippen LogP contribution in [0, 0.1) is 6.92 Å². The van der Waals surface area contributed by atoms with E-state index in [-0.39, 0.29) is 10.9 Å². The molecule has 0 N–H and O–H groups in total. The molecule has 0 saturated heterocycles. The van der Waals surface area contributed by atoms with Gasteiger partial charge in [-0.3, -0.25) is 4.39 Å². The van der Waals surface area contributed by atoms with Gasteiger partial charge in [0.05, 0.1) is 17.6 Å². The van der Waals surface area contributed by atoms with E-state index in [0.29, 0.717) is 0 Å². The number of rotatable bonds is 7. The summed E-state index contributed by atoms with van der Waals surface area (Å²) in [5, 5.41) is 0. The first-order valence-corrected chi connectivity index (χ1v) is 12.1. The highest BCUT2D eigenvalue weighted by Crippen LogP contribution is 2.30. The molecule has 0 amide bonds. The van der Waals surface area contributed by atoms with Crippen molar-refractivity contribution in [3.8, 4) is 0 Å². The van der Waals surface area contributed by atoms with Crippen molar-refractivity contribution in [1.82, 2.24) is 0 Å². The molecule has 0 aliphatic carbocycles. The number of hydrogen-bond acceptors (Lipinski definition) is 3. The third kappa shape index (κ3) is 7.72. The molecule has 0 radical (unpaired) electrons. The molecule has 3 rings (SSSR count). The smallest absolute Gasteiger partial charge is 0.220 e. The summed E-state index contributed by atoms with van der Waals surface area (Å²) in [4.78, 5) is 4.10. The van der Waals surface area contributed by atoms with Gasteiger partial charge in [0.25, 0.3) is 0 Å². The summed E-state index contributed by atoms with van der Waals surface area (Å²) in [6.45, 7) is 0.935. The molecule has 0 heterocycles. The first kappa shape index (κ1) is 25.0. The van der Waals surface area contributed by atoms with E-state index in [2.05, 4.69) is 91.9 Å². The van der Waals surface area contributed by atoms with Gasteiger partial charge in [-0.1, -0.05) is 54.1 Å². The lowest BCUT2D eigenvalue weighted by Gasteiger charge is -2.15. The van der Waals surface area contributed by atoms with Crippen LogP contribution in [0.5, 0.6) is 0 Å². The van der Waals surface area contributed by atoms with Crippen LogP contribution >= 0.6 is 0 Å². The third-order valence-corrected chi connectivity index (χ3v) is 7.24. The van der Waals surface area contributed by atoms with Crippen molar-refractivity contribution >= 4 is 21.0 Å². The van der Waals surface area contributed by atoms with E-state index in [9.17, 15) is 26.1 Å². The molecule has 3 aromatic rings. The summed E-state index contributed by atoms with van der Waals surface area (Å²) < 4.78 is 64.7. The average Bonchev–Trinajstić information content (AvgIpc) is 2.76. The van der Waals surface area contributed by atoms with Crippen LogP contribution < -0.4 is 0 Å². The zero-order valence-electron chi connectivity index (χ0n) is 16.8. The van der Waals surface area contributed by atoms with Gasteiger partial charge >= 0.3 is 0 Å². The van der Waals surface area contributed by atoms with Crippen LogP contribution in [-0.4, -0.2) is 31.3 Å². The highest BCUT2D eigenvalue weighted by Gasteiger charge is 2.28. The maximum Gasteiger partial charge on any atom is 0.220 e. The molecule has 0 bridgehead atoms. The summed E-state index contributed by atoms with van der Waals surface area (Å²) in [6, 6.07) is 30.4. The van der Waals surface area contributed by atoms with E-state index in [1.54, 1.807) is 0 Å². The predicted octanol–water partition coefficient (Wildman–Crippen LogP) is 5.62. The molecular weight excluding hydrogens is 445 g/mol. The monoisotopic (exact) mass is 468 g/mol. The van der Waals surface area contributed by atoms with Crippen molar-refractivity contribution in [2.24, 2.45) is 0 Å². The number of aryl methyl sites for hydroxylation is 1. The van der Waals surface area contributed by atoms with Crippen LogP contribution in [-0.2, 0) is 21.0 Å². The Morgan fingerprint density at radius 3 is 1.61 bits per heavy atom. The lowest BCUT2D eigenvalue weighted by Crippen LogP contribution is -2.27. The van der Waals surface area contributed by atoms with E-state index in [4.69, 9.17) is 0 Å². The average molecular weight is 469 g/mol. The standard InChI is InChI=1S/C19H17S.C4H7F3O3S/c1-16-12-14-19(15-13-16)20(17-8-4-2-5-9-17)18-10-6-3-7-11-18;5-2-1-3(6)4(7)11(8,9)10/h2-15H,1H3;3-4H,1-2H2,(H,8,9,10)/q+1;/p-1. The van der Waals surface area contributed by atoms with Crippen LogP contribution in [0.2, 0.25) is 0 Å². The Balaban J connectivity index is 0.000000267. The Kier molecular flexibility index (Phi) is 9.61. The number of alkyl halides is 3. The summed E-state index contributed by atoms with van der Waals surface area (Å²) >= 11 is 0. The predicted molar refractivity (Wildman–Crippen MR) is 116 cm³/mol.